The molecule has 0 nitrogen and oxygen atoms in total. The molecule has 0 unspecified atom stereocenters. The monoisotopic (exact) mass is 197 g/mol. The average molecular weight is 196 g/mol. The Morgan fingerprint density at radius 1 is 0.667 bits per heavy atom. The second-order valence-corrected chi connectivity index (χ2v) is 2.99. The van der Waals surface area contributed by atoms with Gasteiger partial charge >= 0.3 is 32.7 Å². The van der Waals surface area contributed by atoms with Gasteiger partial charge in [-0.15, -0.1) is 0 Å². The molecule has 0 aromatic heterocycles. The quantitative estimate of drug-likeness (QED) is 0.411. The summed E-state index contributed by atoms with van der Waals surface area (Å²) in [6.45, 7) is 0. The van der Waals surface area contributed by atoms with Crippen LogP contribution in [-0.4, -0.2) is 0 Å². The van der Waals surface area contributed by atoms with Crippen molar-refractivity contribution in [3.8, 4) is 0 Å². The van der Waals surface area contributed by atoms with Crippen LogP contribution in [-0.2, 0) is 16.1 Å². The Morgan fingerprint density at radius 3 is 0.667 bits per heavy atom. The number of halogens is 5. The molecule has 0 spiro atoms. The molecule has 0 saturated carbocycles. The Bertz CT molecular complexity index is 37.1. The van der Waals surface area contributed by atoms with E-state index in [4.69, 9.17) is 0 Å². The number of hydrogen-bond acceptors (Lipinski definition) is 0. The summed E-state index contributed by atoms with van der Waals surface area (Å²) in [7, 11) is 0. The Kier molecular flexibility index (Phi) is 0.954. The molecule has 45 valence electrons. The van der Waals surface area contributed by atoms with Gasteiger partial charge in [-0.05, 0) is 0 Å². The van der Waals surface area contributed by atoms with Gasteiger partial charge in [0, 0.05) is 0 Å². The second-order valence-electron chi connectivity index (χ2n) is 0.505. The zero-order valence-electron chi connectivity index (χ0n) is 2.24. The molecule has 0 aliphatic rings. The first-order valence-corrected chi connectivity index (χ1v) is 3.95. The summed E-state index contributed by atoms with van der Waals surface area (Å²) >= 11 is -8.97. The predicted molar refractivity (Wildman–Crippen MR) is 5.54 cm³/mol. The molecule has 0 bridgehead atoms. The van der Waals surface area contributed by atoms with E-state index in [1.165, 1.54) is 0 Å². The van der Waals surface area contributed by atoms with Crippen LogP contribution in [0.3, 0.4) is 0 Å². The predicted octanol–water partition coefficient (Wildman–Crippen LogP) is 2.10. The molecule has 0 saturated heterocycles. The van der Waals surface area contributed by atoms with E-state index in [0.717, 1.165) is 0 Å². The molecule has 0 aromatic carbocycles. The van der Waals surface area contributed by atoms with Gasteiger partial charge in [0.05, 0.1) is 0 Å². The minimum atomic E-state index is -8.97. The number of hydrogen-bond donors (Lipinski definition) is 0. The zero-order chi connectivity index (χ0) is 5.45. The van der Waals surface area contributed by atoms with E-state index >= 15 is 0 Å². The standard InChI is InChI=1S/5FH.Ru/h5*1H;/q;;;;;+3/p-5. The van der Waals surface area contributed by atoms with Crippen molar-refractivity contribution in [2.75, 3.05) is 0 Å². The summed E-state index contributed by atoms with van der Waals surface area (Å²) in [6, 6.07) is 0. The molecule has 0 N–H and O–H groups in total. The van der Waals surface area contributed by atoms with Crippen molar-refractivity contribution in [3.63, 3.8) is 0 Å². The van der Waals surface area contributed by atoms with Gasteiger partial charge in [-0.3, -0.25) is 0 Å². The van der Waals surface area contributed by atoms with Crippen LogP contribution < -0.4 is 0 Å². The van der Waals surface area contributed by atoms with Gasteiger partial charge in [0.25, 0.3) is 0 Å². The van der Waals surface area contributed by atoms with Crippen LogP contribution in [0.15, 0.2) is 0 Å². The normalized spacial score (nSPS) is 19.2. The van der Waals surface area contributed by atoms with E-state index in [9.17, 15) is 16.6 Å². The third-order valence-corrected chi connectivity index (χ3v) is 0. The Morgan fingerprint density at radius 2 is 0.667 bits per heavy atom. The van der Waals surface area contributed by atoms with Gasteiger partial charge in [-0.2, -0.15) is 0 Å². The molecule has 0 fully saturated rings. The van der Waals surface area contributed by atoms with E-state index in [2.05, 4.69) is 0 Å². The van der Waals surface area contributed by atoms with E-state index in [0.29, 0.717) is 0 Å². The van der Waals surface area contributed by atoms with Crippen molar-refractivity contribution in [2.45, 2.75) is 0 Å². The van der Waals surface area contributed by atoms with Crippen molar-refractivity contribution in [2.24, 2.45) is 0 Å². The summed E-state index contributed by atoms with van der Waals surface area (Å²) < 4.78 is 49.4. The van der Waals surface area contributed by atoms with Crippen LogP contribution in [0.25, 0.3) is 0 Å². The van der Waals surface area contributed by atoms with Gasteiger partial charge in [-0.25, -0.2) is 0 Å². The van der Waals surface area contributed by atoms with Crippen LogP contribution in [0.1, 0.15) is 0 Å². The fraction of sp³-hybridized carbons (Fsp3) is 0. The van der Waals surface area contributed by atoms with E-state index in [-0.39, 0.29) is 0 Å². The Balaban J connectivity index is 3.73. The van der Waals surface area contributed by atoms with E-state index in [1.54, 1.807) is 0 Å². The average Bonchev–Trinajstić information content (AvgIpc) is 0.650. The van der Waals surface area contributed by atoms with Gasteiger partial charge < -0.3 is 0 Å². The molecular formula is F5Ru-2. The fourth-order valence-electron chi connectivity index (χ4n) is 0. The minimum absolute atomic E-state index is 8.97. The Labute approximate surface area is 33.6 Å². The van der Waals surface area contributed by atoms with Crippen LogP contribution in [0.4, 0.5) is 16.6 Å². The molecule has 0 radical (unpaired) electrons. The van der Waals surface area contributed by atoms with E-state index in [1.807, 2.05) is 0 Å². The van der Waals surface area contributed by atoms with Crippen molar-refractivity contribution < 1.29 is 32.7 Å². The summed E-state index contributed by atoms with van der Waals surface area (Å²) in [5, 5.41) is 0. The van der Waals surface area contributed by atoms with Crippen LogP contribution in [0, 0.1) is 0 Å². The molecule has 0 heterocycles. The second kappa shape index (κ2) is 0.912. The van der Waals surface area contributed by atoms with Crippen LogP contribution >= 0.6 is 0 Å². The molecule has 6 heavy (non-hydrogen) atoms. The first-order chi connectivity index (χ1) is 2.24. The summed E-state index contributed by atoms with van der Waals surface area (Å²) in [5.41, 5.74) is 0. The molecule has 0 atom stereocenters. The number of rotatable bonds is 0. The molecule has 0 aromatic rings. The zero-order valence-corrected chi connectivity index (χ0v) is 3.98. The Hall–Kier alpha value is 0.273. The molecular weight excluding hydrogens is 196 g/mol. The molecule has 0 amide bonds. The van der Waals surface area contributed by atoms with Crippen molar-refractivity contribution in [1.29, 1.82) is 0 Å². The topological polar surface area (TPSA) is 0 Å². The maximum absolute atomic E-state index is 9.89. The van der Waals surface area contributed by atoms with Crippen molar-refractivity contribution >= 4 is 0 Å². The fourth-order valence-corrected chi connectivity index (χ4v) is 0. The van der Waals surface area contributed by atoms with Crippen molar-refractivity contribution in [3.05, 3.63) is 0 Å². The van der Waals surface area contributed by atoms with Gasteiger partial charge in [-0.1, -0.05) is 0 Å². The van der Waals surface area contributed by atoms with Gasteiger partial charge in [0.15, 0.2) is 0 Å². The molecule has 0 aliphatic heterocycles. The first kappa shape index (κ1) is 6.27. The molecule has 0 rings (SSSR count). The van der Waals surface area contributed by atoms with Crippen LogP contribution in [0.2, 0.25) is 0 Å². The third kappa shape index (κ3) is 613. The summed E-state index contributed by atoms with van der Waals surface area (Å²) in [6.07, 6.45) is 0. The van der Waals surface area contributed by atoms with Gasteiger partial charge in [0.2, 0.25) is 0 Å². The summed E-state index contributed by atoms with van der Waals surface area (Å²) in [5.74, 6) is 0. The molecule has 6 heteroatoms. The van der Waals surface area contributed by atoms with Gasteiger partial charge in [0.1, 0.15) is 0 Å². The first-order valence-electron chi connectivity index (χ1n) is 0.668. The third-order valence-electron chi connectivity index (χ3n) is 0. The van der Waals surface area contributed by atoms with Crippen molar-refractivity contribution in [1.82, 2.24) is 0 Å². The molecule has 0 aliphatic carbocycles. The SMILES string of the molecule is [F][Ru-2]([F])([F])([F])[F]. The maximum atomic E-state index is 9.89. The van der Waals surface area contributed by atoms with E-state index < -0.39 is 16.1 Å². The summed E-state index contributed by atoms with van der Waals surface area (Å²) in [4.78, 5) is 0. The van der Waals surface area contributed by atoms with Crippen LogP contribution in [0.5, 0.6) is 0 Å².